The Morgan fingerprint density at radius 1 is 1.47 bits per heavy atom. The number of aliphatic hydroxyl groups is 1. The summed E-state index contributed by atoms with van der Waals surface area (Å²) in [5.41, 5.74) is 0.875. The highest BCUT2D eigenvalue weighted by molar-refractivity contribution is 5.94. The van der Waals surface area contributed by atoms with Crippen LogP contribution in [0.25, 0.3) is 0 Å². The highest BCUT2D eigenvalue weighted by atomic mass is 16.3. The fourth-order valence-corrected chi connectivity index (χ4v) is 1.68. The van der Waals surface area contributed by atoms with Gasteiger partial charge in [-0.1, -0.05) is 19.9 Å². The van der Waals surface area contributed by atoms with Crippen molar-refractivity contribution in [2.75, 3.05) is 13.2 Å². The van der Waals surface area contributed by atoms with Crippen molar-refractivity contribution in [2.24, 2.45) is 5.41 Å². The number of carbonyl (C=O) groups excluding carboxylic acids is 1. The quantitative estimate of drug-likeness (QED) is 0.769. The number of nitriles is 1. The molecule has 4 heteroatoms. The molecule has 0 radical (unpaired) electrons. The highest BCUT2D eigenvalue weighted by Gasteiger charge is 2.15. The lowest BCUT2D eigenvalue weighted by molar-refractivity contribution is 0.0948. The summed E-state index contributed by atoms with van der Waals surface area (Å²) in [5, 5.41) is 20.7. The Kier molecular flexibility index (Phi) is 5.53. The molecule has 19 heavy (non-hydrogen) atoms. The van der Waals surface area contributed by atoms with Gasteiger partial charge < -0.3 is 10.4 Å². The predicted molar refractivity (Wildman–Crippen MR) is 73.6 cm³/mol. The number of nitrogens with one attached hydrogen (secondary N) is 1. The molecule has 0 aliphatic heterocycles. The zero-order valence-electron chi connectivity index (χ0n) is 11.4. The summed E-state index contributed by atoms with van der Waals surface area (Å²) in [6.07, 6.45) is 1.67. The molecule has 1 amide bonds. The number of aliphatic hydroxyl groups excluding tert-OH is 1. The standard InChI is InChI=1S/C15H20N2O2/c1-15(2,11-18)7-4-8-17-14(19)13-6-3-5-12(9-13)10-16/h3,5-6,9,18H,4,7-8,11H2,1-2H3,(H,17,19). The van der Waals surface area contributed by atoms with E-state index in [0.717, 1.165) is 12.8 Å². The summed E-state index contributed by atoms with van der Waals surface area (Å²) in [5.74, 6) is -0.168. The average molecular weight is 260 g/mol. The largest absolute Gasteiger partial charge is 0.396 e. The number of benzene rings is 1. The molecular formula is C15H20N2O2. The van der Waals surface area contributed by atoms with Crippen molar-refractivity contribution in [3.05, 3.63) is 35.4 Å². The molecule has 0 fully saturated rings. The molecule has 0 aromatic heterocycles. The van der Waals surface area contributed by atoms with Crippen LogP contribution in [0.3, 0.4) is 0 Å². The molecule has 1 aromatic carbocycles. The maximum Gasteiger partial charge on any atom is 0.251 e. The van der Waals surface area contributed by atoms with Crippen LogP contribution in [-0.4, -0.2) is 24.2 Å². The molecule has 0 heterocycles. The summed E-state index contributed by atoms with van der Waals surface area (Å²) in [6, 6.07) is 8.64. The minimum atomic E-state index is -0.168. The van der Waals surface area contributed by atoms with Gasteiger partial charge in [-0.25, -0.2) is 0 Å². The van der Waals surface area contributed by atoms with Crippen LogP contribution in [0.2, 0.25) is 0 Å². The van der Waals surface area contributed by atoms with Crippen LogP contribution in [0.15, 0.2) is 24.3 Å². The molecule has 0 atom stereocenters. The van der Waals surface area contributed by atoms with Crippen molar-refractivity contribution in [3.8, 4) is 6.07 Å². The maximum absolute atomic E-state index is 11.8. The summed E-state index contributed by atoms with van der Waals surface area (Å²) in [6.45, 7) is 4.70. The molecule has 0 saturated carbocycles. The third-order valence-corrected chi connectivity index (χ3v) is 3.00. The smallest absolute Gasteiger partial charge is 0.251 e. The van der Waals surface area contributed by atoms with Crippen molar-refractivity contribution in [2.45, 2.75) is 26.7 Å². The lowest BCUT2D eigenvalue weighted by Gasteiger charge is -2.21. The molecule has 4 nitrogen and oxygen atoms in total. The fourth-order valence-electron chi connectivity index (χ4n) is 1.68. The van der Waals surface area contributed by atoms with Crippen LogP contribution in [-0.2, 0) is 0 Å². The van der Waals surface area contributed by atoms with E-state index in [-0.39, 0.29) is 17.9 Å². The lowest BCUT2D eigenvalue weighted by Crippen LogP contribution is -2.26. The van der Waals surface area contributed by atoms with E-state index in [1.165, 1.54) is 0 Å². The van der Waals surface area contributed by atoms with Gasteiger partial charge >= 0.3 is 0 Å². The monoisotopic (exact) mass is 260 g/mol. The third kappa shape index (κ3) is 5.11. The van der Waals surface area contributed by atoms with E-state index in [1.807, 2.05) is 19.9 Å². The normalized spacial score (nSPS) is 10.8. The Bertz CT molecular complexity index is 475. The Morgan fingerprint density at radius 2 is 2.21 bits per heavy atom. The van der Waals surface area contributed by atoms with E-state index in [1.54, 1.807) is 24.3 Å². The van der Waals surface area contributed by atoms with Crippen molar-refractivity contribution in [1.29, 1.82) is 5.26 Å². The zero-order chi connectivity index (χ0) is 14.3. The maximum atomic E-state index is 11.8. The van der Waals surface area contributed by atoms with Crippen LogP contribution in [0.4, 0.5) is 0 Å². The van der Waals surface area contributed by atoms with E-state index in [4.69, 9.17) is 10.4 Å². The molecule has 2 N–H and O–H groups in total. The van der Waals surface area contributed by atoms with Gasteiger partial charge in [-0.15, -0.1) is 0 Å². The van der Waals surface area contributed by atoms with Gasteiger partial charge in [-0.2, -0.15) is 5.26 Å². The van der Waals surface area contributed by atoms with E-state index in [0.29, 0.717) is 17.7 Å². The Morgan fingerprint density at radius 3 is 2.84 bits per heavy atom. The molecule has 0 unspecified atom stereocenters. The van der Waals surface area contributed by atoms with Crippen LogP contribution in [0, 0.1) is 16.7 Å². The number of hydrogen-bond acceptors (Lipinski definition) is 3. The van der Waals surface area contributed by atoms with Gasteiger partial charge in [0, 0.05) is 18.7 Å². The number of nitrogens with zero attached hydrogens (tertiary/aromatic N) is 1. The SMILES string of the molecule is CC(C)(CO)CCCNC(=O)c1cccc(C#N)c1. The Labute approximate surface area is 114 Å². The second-order valence-corrected chi connectivity index (χ2v) is 5.37. The molecule has 1 aromatic rings. The topological polar surface area (TPSA) is 73.1 Å². The van der Waals surface area contributed by atoms with Crippen molar-refractivity contribution in [1.82, 2.24) is 5.32 Å². The molecule has 0 spiro atoms. The van der Waals surface area contributed by atoms with Crippen LogP contribution >= 0.6 is 0 Å². The number of amides is 1. The van der Waals surface area contributed by atoms with E-state index in [2.05, 4.69) is 5.32 Å². The first-order valence-corrected chi connectivity index (χ1v) is 6.38. The van der Waals surface area contributed by atoms with Gasteiger partial charge in [0.05, 0.1) is 11.6 Å². The molecule has 1 rings (SSSR count). The van der Waals surface area contributed by atoms with Gasteiger partial charge in [0.25, 0.3) is 5.91 Å². The van der Waals surface area contributed by atoms with Gasteiger partial charge in [0.1, 0.15) is 0 Å². The minimum Gasteiger partial charge on any atom is -0.396 e. The highest BCUT2D eigenvalue weighted by Crippen LogP contribution is 2.20. The van der Waals surface area contributed by atoms with Gasteiger partial charge in [0.15, 0.2) is 0 Å². The molecule has 0 aliphatic rings. The Hall–Kier alpha value is -1.86. The van der Waals surface area contributed by atoms with E-state index in [9.17, 15) is 4.79 Å². The average Bonchev–Trinajstić information content (AvgIpc) is 2.43. The van der Waals surface area contributed by atoms with Gasteiger partial charge in [-0.05, 0) is 36.5 Å². The number of hydrogen-bond donors (Lipinski definition) is 2. The first-order chi connectivity index (χ1) is 8.98. The molecule has 102 valence electrons. The third-order valence-electron chi connectivity index (χ3n) is 3.00. The lowest BCUT2D eigenvalue weighted by atomic mass is 9.89. The van der Waals surface area contributed by atoms with Gasteiger partial charge in [-0.3, -0.25) is 4.79 Å². The summed E-state index contributed by atoms with van der Waals surface area (Å²) in [4.78, 5) is 11.8. The van der Waals surface area contributed by atoms with Crippen molar-refractivity contribution in [3.63, 3.8) is 0 Å². The summed E-state index contributed by atoms with van der Waals surface area (Å²) < 4.78 is 0. The van der Waals surface area contributed by atoms with E-state index < -0.39 is 0 Å². The first kappa shape index (κ1) is 15.2. The van der Waals surface area contributed by atoms with E-state index >= 15 is 0 Å². The zero-order valence-corrected chi connectivity index (χ0v) is 11.4. The number of rotatable bonds is 6. The Balaban J connectivity index is 2.42. The second kappa shape index (κ2) is 6.91. The van der Waals surface area contributed by atoms with Crippen LogP contribution in [0.5, 0.6) is 0 Å². The van der Waals surface area contributed by atoms with Crippen LogP contribution in [0.1, 0.15) is 42.6 Å². The molecule has 0 saturated heterocycles. The molecule has 0 bridgehead atoms. The van der Waals surface area contributed by atoms with Gasteiger partial charge in [0.2, 0.25) is 0 Å². The van der Waals surface area contributed by atoms with Crippen molar-refractivity contribution >= 4 is 5.91 Å². The molecular weight excluding hydrogens is 240 g/mol. The second-order valence-electron chi connectivity index (χ2n) is 5.37. The molecule has 0 aliphatic carbocycles. The summed E-state index contributed by atoms with van der Waals surface area (Å²) >= 11 is 0. The summed E-state index contributed by atoms with van der Waals surface area (Å²) in [7, 11) is 0. The fraction of sp³-hybridized carbons (Fsp3) is 0.467. The predicted octanol–water partition coefficient (Wildman–Crippen LogP) is 2.09. The first-order valence-electron chi connectivity index (χ1n) is 6.38. The number of carbonyl (C=O) groups is 1. The van der Waals surface area contributed by atoms with Crippen LogP contribution < -0.4 is 5.32 Å². The minimum absolute atomic E-state index is 0.106. The van der Waals surface area contributed by atoms with Crippen molar-refractivity contribution < 1.29 is 9.90 Å².